The maximum Gasteiger partial charge on any atom is 0.293 e. The zero-order chi connectivity index (χ0) is 16.3. The number of carbonyl (C=O) groups excluding carboxylic acids is 1. The van der Waals surface area contributed by atoms with Crippen LogP contribution in [0.1, 0.15) is 30.1 Å². The molecule has 2 rings (SSSR count). The van der Waals surface area contributed by atoms with Crippen LogP contribution < -0.4 is 16.0 Å². The lowest BCUT2D eigenvalue weighted by Gasteiger charge is -2.32. The van der Waals surface area contributed by atoms with E-state index in [4.69, 9.17) is 5.73 Å². The molecular weight excluding hydrogens is 291 g/mol. The van der Waals surface area contributed by atoms with Crippen LogP contribution in [-0.4, -0.2) is 36.6 Å². The Morgan fingerprint density at radius 3 is 2.68 bits per heavy atom. The lowest BCUT2D eigenvalue weighted by Crippen LogP contribution is -2.36. The summed E-state index contributed by atoms with van der Waals surface area (Å²) in [6, 6.07) is 2.62. The SMILES string of the molecule is CCNC(=O)c1cc([N+](=O)[O-])c(N)cc1N1CCC(F)CC1. The summed E-state index contributed by atoms with van der Waals surface area (Å²) in [5.41, 5.74) is 6.13. The summed E-state index contributed by atoms with van der Waals surface area (Å²) in [4.78, 5) is 24.4. The monoisotopic (exact) mass is 310 g/mol. The highest BCUT2D eigenvalue weighted by Gasteiger charge is 2.26. The summed E-state index contributed by atoms with van der Waals surface area (Å²) in [5.74, 6) is -0.400. The van der Waals surface area contributed by atoms with Crippen molar-refractivity contribution in [1.82, 2.24) is 5.32 Å². The van der Waals surface area contributed by atoms with Crippen LogP contribution in [0.3, 0.4) is 0 Å². The minimum atomic E-state index is -0.848. The third-order valence-corrected chi connectivity index (χ3v) is 3.69. The van der Waals surface area contributed by atoms with Gasteiger partial charge in [0, 0.05) is 25.7 Å². The minimum Gasteiger partial charge on any atom is -0.393 e. The molecule has 7 nitrogen and oxygen atoms in total. The molecule has 1 aliphatic heterocycles. The first-order valence-corrected chi connectivity index (χ1v) is 7.19. The largest absolute Gasteiger partial charge is 0.393 e. The van der Waals surface area contributed by atoms with Crippen LogP contribution in [-0.2, 0) is 0 Å². The Kier molecular flexibility index (Phi) is 4.79. The number of nitro groups is 1. The van der Waals surface area contributed by atoms with Crippen molar-refractivity contribution < 1.29 is 14.1 Å². The van der Waals surface area contributed by atoms with Gasteiger partial charge in [0.05, 0.1) is 16.2 Å². The number of nitrogens with two attached hydrogens (primary N) is 1. The second kappa shape index (κ2) is 6.59. The van der Waals surface area contributed by atoms with Gasteiger partial charge in [-0.3, -0.25) is 14.9 Å². The summed E-state index contributed by atoms with van der Waals surface area (Å²) in [5, 5.41) is 13.6. The van der Waals surface area contributed by atoms with E-state index in [2.05, 4.69) is 5.32 Å². The molecule has 0 saturated carbocycles. The summed E-state index contributed by atoms with van der Waals surface area (Å²) in [7, 11) is 0. The number of rotatable bonds is 4. The number of nitro benzene ring substituents is 1. The number of hydrogen-bond donors (Lipinski definition) is 2. The summed E-state index contributed by atoms with van der Waals surface area (Å²) < 4.78 is 13.3. The van der Waals surface area contributed by atoms with Crippen molar-refractivity contribution in [3.63, 3.8) is 0 Å². The lowest BCUT2D eigenvalue weighted by molar-refractivity contribution is -0.383. The van der Waals surface area contributed by atoms with Crippen molar-refractivity contribution >= 4 is 23.0 Å². The van der Waals surface area contributed by atoms with Crippen molar-refractivity contribution in [3.8, 4) is 0 Å². The lowest BCUT2D eigenvalue weighted by atomic mass is 10.0. The molecule has 0 spiro atoms. The van der Waals surface area contributed by atoms with Crippen molar-refractivity contribution in [2.75, 3.05) is 30.3 Å². The second-order valence-corrected chi connectivity index (χ2v) is 5.21. The standard InChI is InChI=1S/C14H19FN4O3/c1-2-17-14(20)10-7-13(19(21)22)11(16)8-12(10)18-5-3-9(15)4-6-18/h7-9H,2-6,16H2,1H3,(H,17,20). The third kappa shape index (κ3) is 3.26. The van der Waals surface area contributed by atoms with Gasteiger partial charge in [-0.15, -0.1) is 0 Å². The molecule has 1 aromatic rings. The molecule has 0 unspecified atom stereocenters. The predicted molar refractivity (Wildman–Crippen MR) is 81.9 cm³/mol. The predicted octanol–water partition coefficient (Wildman–Crippen LogP) is 1.87. The van der Waals surface area contributed by atoms with Gasteiger partial charge in [0.15, 0.2) is 0 Å². The molecule has 0 aliphatic carbocycles. The van der Waals surface area contributed by atoms with Gasteiger partial charge >= 0.3 is 0 Å². The highest BCUT2D eigenvalue weighted by molar-refractivity contribution is 6.01. The molecular formula is C14H19FN4O3. The number of anilines is 2. The quantitative estimate of drug-likeness (QED) is 0.502. The molecule has 3 N–H and O–H groups in total. The van der Waals surface area contributed by atoms with Crippen LogP contribution in [0.5, 0.6) is 0 Å². The van der Waals surface area contributed by atoms with Gasteiger partial charge in [0.2, 0.25) is 0 Å². The molecule has 22 heavy (non-hydrogen) atoms. The Labute approximate surface area is 127 Å². The number of benzene rings is 1. The van der Waals surface area contributed by atoms with Crippen molar-refractivity contribution in [3.05, 3.63) is 27.8 Å². The molecule has 1 aromatic carbocycles. The zero-order valence-corrected chi connectivity index (χ0v) is 12.3. The Bertz CT molecular complexity index is 586. The second-order valence-electron chi connectivity index (χ2n) is 5.21. The number of alkyl halides is 1. The van der Waals surface area contributed by atoms with Crippen molar-refractivity contribution in [1.29, 1.82) is 0 Å². The molecule has 1 fully saturated rings. The molecule has 0 atom stereocenters. The van der Waals surface area contributed by atoms with E-state index in [0.717, 1.165) is 0 Å². The van der Waals surface area contributed by atoms with Gasteiger partial charge in [-0.25, -0.2) is 4.39 Å². The fourth-order valence-corrected chi connectivity index (χ4v) is 2.54. The first-order valence-electron chi connectivity index (χ1n) is 7.19. The number of carbonyl (C=O) groups is 1. The fourth-order valence-electron chi connectivity index (χ4n) is 2.54. The number of nitrogens with zero attached hydrogens (tertiary/aromatic N) is 2. The van der Waals surface area contributed by atoms with Crippen LogP contribution >= 0.6 is 0 Å². The number of hydrogen-bond acceptors (Lipinski definition) is 5. The summed E-state index contributed by atoms with van der Waals surface area (Å²) in [6.07, 6.45) is -0.114. The number of nitrogens with one attached hydrogen (secondary N) is 1. The molecule has 0 bridgehead atoms. The number of piperidine rings is 1. The Morgan fingerprint density at radius 1 is 1.50 bits per heavy atom. The van der Waals surface area contributed by atoms with E-state index in [1.54, 1.807) is 6.92 Å². The average molecular weight is 310 g/mol. The minimum absolute atomic E-state index is 0.00424. The maximum atomic E-state index is 13.3. The van der Waals surface area contributed by atoms with Crippen LogP contribution in [0.15, 0.2) is 12.1 Å². The topological polar surface area (TPSA) is 101 Å². The molecule has 120 valence electrons. The molecule has 0 radical (unpaired) electrons. The van der Waals surface area contributed by atoms with Crippen LogP contribution in [0.4, 0.5) is 21.5 Å². The molecule has 1 aliphatic rings. The van der Waals surface area contributed by atoms with Crippen molar-refractivity contribution in [2.24, 2.45) is 0 Å². The highest BCUT2D eigenvalue weighted by Crippen LogP contribution is 2.33. The summed E-state index contributed by atoms with van der Waals surface area (Å²) >= 11 is 0. The summed E-state index contributed by atoms with van der Waals surface area (Å²) in [6.45, 7) is 3.07. The van der Waals surface area contributed by atoms with E-state index in [1.165, 1.54) is 12.1 Å². The van der Waals surface area contributed by atoms with E-state index in [9.17, 15) is 19.3 Å². The number of amides is 1. The number of nitrogen functional groups attached to an aromatic ring is 1. The van der Waals surface area contributed by atoms with Gasteiger partial charge in [-0.05, 0) is 25.8 Å². The van der Waals surface area contributed by atoms with Gasteiger partial charge in [-0.1, -0.05) is 0 Å². The highest BCUT2D eigenvalue weighted by atomic mass is 19.1. The number of halogens is 1. The van der Waals surface area contributed by atoms with Crippen LogP contribution in [0.2, 0.25) is 0 Å². The zero-order valence-electron chi connectivity index (χ0n) is 12.3. The fraction of sp³-hybridized carbons (Fsp3) is 0.500. The van der Waals surface area contributed by atoms with Gasteiger partial charge < -0.3 is 16.0 Å². The molecule has 1 saturated heterocycles. The van der Waals surface area contributed by atoms with Crippen molar-refractivity contribution in [2.45, 2.75) is 25.9 Å². The smallest absolute Gasteiger partial charge is 0.293 e. The third-order valence-electron chi connectivity index (χ3n) is 3.69. The van der Waals surface area contributed by atoms with E-state index in [1.807, 2.05) is 4.90 Å². The van der Waals surface area contributed by atoms with Gasteiger partial charge in [-0.2, -0.15) is 0 Å². The van der Waals surface area contributed by atoms with E-state index < -0.39 is 17.0 Å². The first kappa shape index (κ1) is 16.0. The Morgan fingerprint density at radius 2 is 2.14 bits per heavy atom. The van der Waals surface area contributed by atoms with E-state index in [-0.39, 0.29) is 16.9 Å². The van der Waals surface area contributed by atoms with Crippen LogP contribution in [0, 0.1) is 10.1 Å². The first-order chi connectivity index (χ1) is 10.4. The maximum absolute atomic E-state index is 13.3. The average Bonchev–Trinajstić information content (AvgIpc) is 2.47. The Balaban J connectivity index is 2.44. The van der Waals surface area contributed by atoms with Gasteiger partial charge in [0.25, 0.3) is 11.6 Å². The Hall–Kier alpha value is -2.38. The molecule has 1 amide bonds. The molecule has 8 heteroatoms. The molecule has 1 heterocycles. The van der Waals surface area contributed by atoms with Gasteiger partial charge in [0.1, 0.15) is 11.9 Å². The normalized spacial score (nSPS) is 15.6. The molecule has 0 aromatic heterocycles. The van der Waals surface area contributed by atoms with E-state index in [0.29, 0.717) is 38.2 Å². The van der Waals surface area contributed by atoms with Crippen LogP contribution in [0.25, 0.3) is 0 Å². The van der Waals surface area contributed by atoms with E-state index >= 15 is 0 Å².